The second-order valence-electron chi connectivity index (χ2n) is 4.61. The Morgan fingerprint density at radius 1 is 1.27 bits per heavy atom. The van der Waals surface area contributed by atoms with Crippen molar-refractivity contribution in [2.45, 2.75) is 43.9 Å². The van der Waals surface area contributed by atoms with Gasteiger partial charge in [0.05, 0.1) is 6.42 Å². The van der Waals surface area contributed by atoms with Gasteiger partial charge in [0.2, 0.25) is 0 Å². The predicted molar refractivity (Wildman–Crippen MR) is 51.6 cm³/mol. The molecule has 2 heterocycles. The molecule has 5 heteroatoms. The van der Waals surface area contributed by atoms with Gasteiger partial charge >= 0.3 is 6.18 Å². The highest BCUT2D eigenvalue weighted by molar-refractivity contribution is 4.97. The van der Waals surface area contributed by atoms with Crippen LogP contribution >= 0.6 is 0 Å². The average Bonchev–Trinajstić information content (AvgIpc) is 2.71. The average molecular weight is 222 g/mol. The van der Waals surface area contributed by atoms with Crippen LogP contribution in [0.15, 0.2) is 0 Å². The van der Waals surface area contributed by atoms with Gasteiger partial charge in [0.1, 0.15) is 0 Å². The first kappa shape index (κ1) is 11.2. The van der Waals surface area contributed by atoms with Crippen molar-refractivity contribution in [2.24, 2.45) is 5.92 Å². The first-order valence-electron chi connectivity index (χ1n) is 5.58. The molecule has 2 saturated heterocycles. The lowest BCUT2D eigenvalue weighted by molar-refractivity contribution is -0.133. The van der Waals surface area contributed by atoms with E-state index in [0.717, 1.165) is 13.0 Å². The molecule has 2 nitrogen and oxygen atoms in total. The molecule has 0 aromatic rings. The Balaban J connectivity index is 1.59. The third-order valence-corrected chi connectivity index (χ3v) is 3.42. The summed E-state index contributed by atoms with van der Waals surface area (Å²) < 4.78 is 35.6. The van der Waals surface area contributed by atoms with E-state index in [1.54, 1.807) is 0 Å². The van der Waals surface area contributed by atoms with Crippen LogP contribution in [-0.4, -0.2) is 31.3 Å². The summed E-state index contributed by atoms with van der Waals surface area (Å²) in [6.07, 6.45) is -1.19. The summed E-state index contributed by atoms with van der Waals surface area (Å²) >= 11 is 0. The van der Waals surface area contributed by atoms with Gasteiger partial charge < -0.3 is 10.6 Å². The number of alkyl halides is 3. The molecular formula is C10H17F3N2. The van der Waals surface area contributed by atoms with Gasteiger partial charge in [0.25, 0.3) is 0 Å². The van der Waals surface area contributed by atoms with Crippen molar-refractivity contribution < 1.29 is 13.2 Å². The van der Waals surface area contributed by atoms with Crippen molar-refractivity contribution in [1.29, 1.82) is 0 Å². The van der Waals surface area contributed by atoms with Gasteiger partial charge in [0, 0.05) is 18.6 Å². The molecule has 0 spiro atoms. The molecule has 15 heavy (non-hydrogen) atoms. The van der Waals surface area contributed by atoms with Crippen LogP contribution in [-0.2, 0) is 0 Å². The van der Waals surface area contributed by atoms with Crippen molar-refractivity contribution in [3.8, 4) is 0 Å². The third-order valence-electron chi connectivity index (χ3n) is 3.42. The Morgan fingerprint density at radius 3 is 2.60 bits per heavy atom. The summed E-state index contributed by atoms with van der Waals surface area (Å²) in [4.78, 5) is 0. The van der Waals surface area contributed by atoms with Crippen LogP contribution in [0, 0.1) is 5.92 Å². The smallest absolute Gasteiger partial charge is 0.316 e. The minimum absolute atomic E-state index is 0.0530. The zero-order chi connectivity index (χ0) is 10.9. The first-order chi connectivity index (χ1) is 7.04. The quantitative estimate of drug-likeness (QED) is 0.707. The summed E-state index contributed by atoms with van der Waals surface area (Å²) in [6, 6.07) is 1.18. The van der Waals surface area contributed by atoms with Gasteiger partial charge in [-0.25, -0.2) is 0 Å². The Morgan fingerprint density at radius 2 is 2.07 bits per heavy atom. The van der Waals surface area contributed by atoms with Crippen LogP contribution in [0.1, 0.15) is 25.7 Å². The molecule has 0 saturated carbocycles. The molecular weight excluding hydrogens is 205 g/mol. The summed E-state index contributed by atoms with van der Waals surface area (Å²) in [5.74, 6) is 0.539. The molecule has 2 fully saturated rings. The van der Waals surface area contributed by atoms with Crippen molar-refractivity contribution in [2.75, 3.05) is 13.1 Å². The molecule has 0 radical (unpaired) electrons. The number of halogens is 3. The normalized spacial score (nSPS) is 35.0. The lowest BCUT2D eigenvalue weighted by atomic mass is 9.89. The van der Waals surface area contributed by atoms with Crippen molar-refractivity contribution >= 4 is 0 Å². The Kier molecular flexibility index (Phi) is 3.21. The van der Waals surface area contributed by atoms with E-state index in [9.17, 15) is 13.2 Å². The highest BCUT2D eigenvalue weighted by atomic mass is 19.4. The van der Waals surface area contributed by atoms with E-state index in [2.05, 4.69) is 10.6 Å². The Hall–Kier alpha value is -0.290. The molecule has 3 unspecified atom stereocenters. The molecule has 0 amide bonds. The second-order valence-corrected chi connectivity index (χ2v) is 4.61. The number of hydrogen-bond donors (Lipinski definition) is 2. The van der Waals surface area contributed by atoms with E-state index >= 15 is 0 Å². The summed E-state index contributed by atoms with van der Waals surface area (Å²) in [5.41, 5.74) is 0. The molecule has 0 aliphatic carbocycles. The van der Waals surface area contributed by atoms with E-state index in [-0.39, 0.29) is 6.54 Å². The first-order valence-corrected chi connectivity index (χ1v) is 5.58. The Labute approximate surface area is 87.6 Å². The summed E-state index contributed by atoms with van der Waals surface area (Å²) in [5, 5.41) is 6.38. The van der Waals surface area contributed by atoms with E-state index in [0.29, 0.717) is 18.0 Å². The fourth-order valence-electron chi connectivity index (χ4n) is 2.68. The van der Waals surface area contributed by atoms with Crippen LogP contribution in [0.25, 0.3) is 0 Å². The van der Waals surface area contributed by atoms with E-state index in [1.807, 2.05) is 0 Å². The number of rotatable bonds is 4. The molecule has 2 aliphatic heterocycles. The van der Waals surface area contributed by atoms with Crippen LogP contribution in [0.4, 0.5) is 13.2 Å². The molecule has 2 aliphatic rings. The van der Waals surface area contributed by atoms with Gasteiger partial charge in [-0.1, -0.05) is 0 Å². The fraction of sp³-hybridized carbons (Fsp3) is 1.00. The maximum absolute atomic E-state index is 11.9. The number of fused-ring (bicyclic) bond motifs is 2. The maximum Gasteiger partial charge on any atom is 0.390 e. The van der Waals surface area contributed by atoms with Gasteiger partial charge in [-0.3, -0.25) is 0 Å². The minimum atomic E-state index is -4.03. The molecule has 2 N–H and O–H groups in total. The maximum atomic E-state index is 11.9. The largest absolute Gasteiger partial charge is 0.390 e. The standard InChI is InChI=1S/C10H17F3N2/c11-10(12,13)3-4-14-6-7-5-8-1-2-9(7)15-8/h7-9,14-15H,1-6H2. The topological polar surface area (TPSA) is 24.1 Å². The zero-order valence-corrected chi connectivity index (χ0v) is 8.61. The minimum Gasteiger partial charge on any atom is -0.316 e. The van der Waals surface area contributed by atoms with Crippen molar-refractivity contribution in [3.05, 3.63) is 0 Å². The zero-order valence-electron chi connectivity index (χ0n) is 8.61. The summed E-state index contributed by atoms with van der Waals surface area (Å²) in [6.45, 7) is 0.779. The third kappa shape index (κ3) is 3.08. The highest BCUT2D eigenvalue weighted by Crippen LogP contribution is 2.32. The van der Waals surface area contributed by atoms with Gasteiger partial charge in [-0.2, -0.15) is 13.2 Å². The van der Waals surface area contributed by atoms with Crippen LogP contribution in [0.5, 0.6) is 0 Å². The van der Waals surface area contributed by atoms with Crippen molar-refractivity contribution in [3.63, 3.8) is 0 Å². The Bertz CT molecular complexity index is 217. The van der Waals surface area contributed by atoms with E-state index in [1.165, 1.54) is 12.8 Å². The number of nitrogens with one attached hydrogen (secondary N) is 2. The van der Waals surface area contributed by atoms with Crippen LogP contribution < -0.4 is 10.6 Å². The highest BCUT2D eigenvalue weighted by Gasteiger charge is 2.38. The lowest BCUT2D eigenvalue weighted by Gasteiger charge is -2.20. The van der Waals surface area contributed by atoms with E-state index in [4.69, 9.17) is 0 Å². The SMILES string of the molecule is FC(F)(F)CCNCC1CC2CCC1N2. The molecule has 2 rings (SSSR count). The van der Waals surface area contributed by atoms with Gasteiger partial charge in [0.15, 0.2) is 0 Å². The van der Waals surface area contributed by atoms with E-state index < -0.39 is 12.6 Å². The number of hydrogen-bond acceptors (Lipinski definition) is 2. The van der Waals surface area contributed by atoms with Crippen molar-refractivity contribution in [1.82, 2.24) is 10.6 Å². The lowest BCUT2D eigenvalue weighted by Crippen LogP contribution is -2.33. The fourth-order valence-corrected chi connectivity index (χ4v) is 2.68. The van der Waals surface area contributed by atoms with Crippen LogP contribution in [0.3, 0.4) is 0 Å². The van der Waals surface area contributed by atoms with Gasteiger partial charge in [-0.15, -0.1) is 0 Å². The predicted octanol–water partition coefficient (Wildman–Crippen LogP) is 1.67. The molecule has 0 aromatic carbocycles. The van der Waals surface area contributed by atoms with Crippen LogP contribution in [0.2, 0.25) is 0 Å². The molecule has 88 valence electrons. The monoisotopic (exact) mass is 222 g/mol. The molecule has 3 atom stereocenters. The summed E-state index contributed by atoms with van der Waals surface area (Å²) in [7, 11) is 0. The second kappa shape index (κ2) is 4.29. The van der Waals surface area contributed by atoms with Gasteiger partial charge in [-0.05, 0) is 31.7 Å². The molecule has 0 aromatic heterocycles. The molecule has 2 bridgehead atoms.